The number of hydrogen-bond donors (Lipinski definition) is 1. The predicted octanol–water partition coefficient (Wildman–Crippen LogP) is 6.68. The van der Waals surface area contributed by atoms with Gasteiger partial charge in [-0.1, -0.05) is 55.1 Å². The number of methoxy groups -OCH3 is 1. The minimum Gasteiger partial charge on any atom is -0.497 e. The molecule has 2 aliphatic rings. The third-order valence-electron chi connectivity index (χ3n) is 8.48. The lowest BCUT2D eigenvalue weighted by molar-refractivity contribution is -0.152. The Morgan fingerprint density at radius 1 is 0.976 bits per heavy atom. The molecule has 4 unspecified atom stereocenters. The summed E-state index contributed by atoms with van der Waals surface area (Å²) in [6.45, 7) is 0. The van der Waals surface area contributed by atoms with E-state index in [0.29, 0.717) is 20.5 Å². The average molecular weight is 595 g/mol. The predicted molar refractivity (Wildman–Crippen MR) is 161 cm³/mol. The molecule has 0 radical (unpaired) electrons. The summed E-state index contributed by atoms with van der Waals surface area (Å²) in [6.07, 6.45) is 4.36. The molecule has 3 aromatic rings. The Balaban J connectivity index is 1.74. The fourth-order valence-electron chi connectivity index (χ4n) is 6.51. The number of nitrogens with zero attached hydrogens (tertiary/aromatic N) is 2. The van der Waals surface area contributed by atoms with Crippen LogP contribution < -0.4 is 9.64 Å². The fraction of sp³-hybridized carbons (Fsp3) is 0.406. The zero-order chi connectivity index (χ0) is 29.3. The van der Waals surface area contributed by atoms with E-state index >= 15 is 0 Å². The quantitative estimate of drug-likeness (QED) is 0.293. The van der Waals surface area contributed by atoms with Gasteiger partial charge in [-0.3, -0.25) is 9.59 Å². The van der Waals surface area contributed by atoms with Crippen LogP contribution in [0.5, 0.6) is 5.75 Å². The number of ether oxygens (including phenoxy) is 1. The van der Waals surface area contributed by atoms with Gasteiger partial charge in [-0.2, -0.15) is 0 Å². The van der Waals surface area contributed by atoms with E-state index in [0.717, 1.165) is 43.4 Å². The molecule has 1 amide bonds. The molecule has 0 spiro atoms. The lowest BCUT2D eigenvalue weighted by Crippen LogP contribution is -2.46. The van der Waals surface area contributed by atoms with Crippen LogP contribution in [0.15, 0.2) is 60.7 Å². The number of likely N-dealkylation sites (tertiary alicyclic amines) is 1. The van der Waals surface area contributed by atoms with Crippen molar-refractivity contribution in [3.8, 4) is 5.75 Å². The standard InChI is InChI=1S/C32H35ClN2O5S/c1-34(2)22-14-12-19(13-15-22)28-27(30(36)24-16-17-25(33)41-24)26(21-10-7-11-23(18-21)40-3)29(32(38)39)35(28)31(37)20-8-5-4-6-9-20/h7,10-18,20,26-29H,4-6,8-9H2,1-3H3,(H,38,39). The summed E-state index contributed by atoms with van der Waals surface area (Å²) in [5.41, 5.74) is 2.34. The Morgan fingerprint density at radius 3 is 2.27 bits per heavy atom. The summed E-state index contributed by atoms with van der Waals surface area (Å²) in [4.78, 5) is 46.0. The van der Waals surface area contributed by atoms with Gasteiger partial charge in [-0.05, 0) is 60.4 Å². The molecule has 9 heteroatoms. The second kappa shape index (κ2) is 12.2. The van der Waals surface area contributed by atoms with Gasteiger partial charge in [0, 0.05) is 31.6 Å². The number of carbonyl (C=O) groups is 3. The molecule has 5 rings (SSSR count). The molecule has 41 heavy (non-hydrogen) atoms. The van der Waals surface area contributed by atoms with Gasteiger partial charge in [0.15, 0.2) is 5.78 Å². The van der Waals surface area contributed by atoms with Crippen LogP contribution in [0.4, 0.5) is 5.69 Å². The van der Waals surface area contributed by atoms with Crippen LogP contribution in [0.3, 0.4) is 0 Å². The molecule has 0 bridgehead atoms. The number of thiophene rings is 1. The molecule has 1 N–H and O–H groups in total. The second-order valence-corrected chi connectivity index (χ2v) is 12.8. The van der Waals surface area contributed by atoms with Crippen LogP contribution in [0, 0.1) is 11.8 Å². The molecular formula is C32H35ClN2O5S. The molecule has 1 aliphatic carbocycles. The lowest BCUT2D eigenvalue weighted by atomic mass is 9.77. The van der Waals surface area contributed by atoms with Crippen LogP contribution >= 0.6 is 22.9 Å². The molecule has 1 aromatic heterocycles. The van der Waals surface area contributed by atoms with E-state index in [1.54, 1.807) is 37.4 Å². The van der Waals surface area contributed by atoms with Crippen LogP contribution in [0.25, 0.3) is 0 Å². The summed E-state index contributed by atoms with van der Waals surface area (Å²) < 4.78 is 5.95. The van der Waals surface area contributed by atoms with Gasteiger partial charge in [0.1, 0.15) is 11.8 Å². The topological polar surface area (TPSA) is 87.2 Å². The maximum absolute atomic E-state index is 14.5. The number of aliphatic carboxylic acids is 1. The number of anilines is 1. The SMILES string of the molecule is COc1cccc(C2C(C(=O)c3ccc(Cl)s3)C(c3ccc(N(C)C)cc3)N(C(=O)C3CCCCC3)C2C(=O)O)c1. The number of amides is 1. The third-order valence-corrected chi connectivity index (χ3v) is 9.72. The van der Waals surface area contributed by atoms with Gasteiger partial charge in [-0.15, -0.1) is 11.3 Å². The highest BCUT2D eigenvalue weighted by atomic mass is 35.5. The second-order valence-electron chi connectivity index (χ2n) is 11.1. The Bertz CT molecular complexity index is 1420. The normalized spacial score (nSPS) is 22.9. The van der Waals surface area contributed by atoms with Crippen molar-refractivity contribution in [1.82, 2.24) is 4.90 Å². The monoisotopic (exact) mass is 594 g/mol. The number of benzene rings is 2. The van der Waals surface area contributed by atoms with Crippen molar-refractivity contribution in [3.63, 3.8) is 0 Å². The van der Waals surface area contributed by atoms with Crippen LogP contribution in [0.1, 0.15) is 64.9 Å². The Morgan fingerprint density at radius 2 is 1.68 bits per heavy atom. The molecule has 1 aliphatic heterocycles. The van der Waals surface area contributed by atoms with E-state index in [2.05, 4.69) is 0 Å². The van der Waals surface area contributed by atoms with E-state index < -0.39 is 29.9 Å². The number of hydrogen-bond acceptors (Lipinski definition) is 6. The summed E-state index contributed by atoms with van der Waals surface area (Å²) in [7, 11) is 5.43. The maximum atomic E-state index is 14.5. The highest BCUT2D eigenvalue weighted by Gasteiger charge is 2.58. The van der Waals surface area contributed by atoms with Crippen LogP contribution in [-0.4, -0.2) is 54.9 Å². The molecule has 2 heterocycles. The average Bonchev–Trinajstić information content (AvgIpc) is 3.59. The summed E-state index contributed by atoms with van der Waals surface area (Å²) in [5, 5.41) is 10.8. The van der Waals surface area contributed by atoms with E-state index in [4.69, 9.17) is 16.3 Å². The fourth-order valence-corrected chi connectivity index (χ4v) is 7.54. The molecule has 2 aromatic carbocycles. The third kappa shape index (κ3) is 5.72. The summed E-state index contributed by atoms with van der Waals surface area (Å²) in [5.74, 6) is -2.91. The number of halogens is 1. The van der Waals surface area contributed by atoms with Crippen molar-refractivity contribution in [2.45, 2.75) is 50.1 Å². The molecular weight excluding hydrogens is 560 g/mol. The number of rotatable bonds is 8. The summed E-state index contributed by atoms with van der Waals surface area (Å²) in [6, 6.07) is 16.2. The van der Waals surface area contributed by atoms with Gasteiger partial charge < -0.3 is 19.6 Å². The number of carboxylic acids is 1. The van der Waals surface area contributed by atoms with E-state index in [9.17, 15) is 19.5 Å². The van der Waals surface area contributed by atoms with E-state index in [1.165, 1.54) is 16.2 Å². The first kappa shape index (κ1) is 29.1. The van der Waals surface area contributed by atoms with Crippen LogP contribution in [0.2, 0.25) is 4.34 Å². The molecule has 1 saturated heterocycles. The Hall–Kier alpha value is -3.36. The van der Waals surface area contributed by atoms with Gasteiger partial charge in [0.25, 0.3) is 0 Å². The van der Waals surface area contributed by atoms with Crippen molar-refractivity contribution < 1.29 is 24.2 Å². The van der Waals surface area contributed by atoms with Gasteiger partial charge in [0.2, 0.25) is 5.91 Å². The highest BCUT2D eigenvalue weighted by Crippen LogP contribution is 2.53. The first-order chi connectivity index (χ1) is 19.7. The Kier molecular flexibility index (Phi) is 8.71. The molecule has 7 nitrogen and oxygen atoms in total. The molecule has 4 atom stereocenters. The first-order valence-electron chi connectivity index (χ1n) is 14.0. The largest absolute Gasteiger partial charge is 0.497 e. The highest BCUT2D eigenvalue weighted by molar-refractivity contribution is 7.18. The number of carbonyl (C=O) groups excluding carboxylic acids is 2. The van der Waals surface area contributed by atoms with Crippen molar-refractivity contribution in [1.29, 1.82) is 0 Å². The smallest absolute Gasteiger partial charge is 0.327 e. The maximum Gasteiger partial charge on any atom is 0.327 e. The zero-order valence-electron chi connectivity index (χ0n) is 23.5. The van der Waals surface area contributed by atoms with Gasteiger partial charge in [0.05, 0.1) is 28.3 Å². The first-order valence-corrected chi connectivity index (χ1v) is 15.2. The van der Waals surface area contributed by atoms with Gasteiger partial charge in [-0.25, -0.2) is 4.79 Å². The number of ketones is 1. The summed E-state index contributed by atoms with van der Waals surface area (Å²) >= 11 is 7.42. The van der Waals surface area contributed by atoms with Crippen molar-refractivity contribution in [2.24, 2.45) is 11.8 Å². The Labute approximate surface area is 249 Å². The molecule has 216 valence electrons. The van der Waals surface area contributed by atoms with Crippen LogP contribution in [-0.2, 0) is 9.59 Å². The molecule has 2 fully saturated rings. The van der Waals surface area contributed by atoms with E-state index in [1.807, 2.05) is 49.3 Å². The minimum atomic E-state index is -1.24. The van der Waals surface area contributed by atoms with Crippen molar-refractivity contribution in [2.75, 3.05) is 26.1 Å². The molecule has 1 saturated carbocycles. The van der Waals surface area contributed by atoms with Crippen molar-refractivity contribution >= 4 is 46.3 Å². The van der Waals surface area contributed by atoms with E-state index in [-0.39, 0.29) is 17.6 Å². The van der Waals surface area contributed by atoms with Crippen molar-refractivity contribution in [3.05, 3.63) is 81.0 Å². The minimum absolute atomic E-state index is 0.189. The lowest BCUT2D eigenvalue weighted by Gasteiger charge is -2.34. The number of Topliss-reactive ketones (excluding diaryl/α,β-unsaturated/α-hetero) is 1. The van der Waals surface area contributed by atoms with Gasteiger partial charge >= 0.3 is 5.97 Å². The zero-order valence-corrected chi connectivity index (χ0v) is 25.0. The number of carboxylic acid groups (broad SMARTS) is 1.